The number of aromatic nitrogens is 2. The van der Waals surface area contributed by atoms with Crippen molar-refractivity contribution in [1.29, 1.82) is 5.26 Å². The Kier molecular flexibility index (Phi) is 5.39. The Balaban J connectivity index is 1.59. The van der Waals surface area contributed by atoms with Gasteiger partial charge < -0.3 is 4.90 Å². The zero-order valence-corrected chi connectivity index (χ0v) is 14.1. The van der Waals surface area contributed by atoms with Gasteiger partial charge in [0.05, 0.1) is 11.3 Å². The van der Waals surface area contributed by atoms with Crippen LogP contribution in [0.5, 0.6) is 0 Å². The van der Waals surface area contributed by atoms with Crippen molar-refractivity contribution in [3.05, 3.63) is 54.0 Å². The molecule has 2 aromatic heterocycles. The van der Waals surface area contributed by atoms with Gasteiger partial charge in [0, 0.05) is 38.1 Å². The highest BCUT2D eigenvalue weighted by Crippen LogP contribution is 2.21. The Morgan fingerprint density at radius 3 is 2.83 bits per heavy atom. The van der Waals surface area contributed by atoms with Crippen LogP contribution >= 0.6 is 0 Å². The van der Waals surface area contributed by atoms with Crippen molar-refractivity contribution < 1.29 is 0 Å². The Hall–Kier alpha value is -2.45. The zero-order chi connectivity index (χ0) is 16.8. The summed E-state index contributed by atoms with van der Waals surface area (Å²) in [6.07, 6.45) is 6.97. The lowest BCUT2D eigenvalue weighted by atomic mass is 10.1. The minimum absolute atomic E-state index is 0.565. The first-order valence-corrected chi connectivity index (χ1v) is 8.47. The summed E-state index contributed by atoms with van der Waals surface area (Å²) in [6, 6.07) is 12.6. The molecule has 1 atom stereocenters. The molecule has 124 valence electrons. The van der Waals surface area contributed by atoms with E-state index in [1.54, 1.807) is 6.20 Å². The largest absolute Gasteiger partial charge is 0.357 e. The molecule has 3 heterocycles. The van der Waals surface area contributed by atoms with E-state index in [4.69, 9.17) is 5.26 Å². The highest BCUT2D eigenvalue weighted by atomic mass is 15.2. The average Bonchev–Trinajstić information content (AvgIpc) is 2.89. The fourth-order valence-electron chi connectivity index (χ4n) is 3.26. The number of pyridine rings is 2. The van der Waals surface area contributed by atoms with Gasteiger partial charge in [0.25, 0.3) is 0 Å². The Morgan fingerprint density at radius 1 is 1.21 bits per heavy atom. The SMILES string of the molecule is CN(Cc1ccccn1)C1CCCN(c2ccc(C#N)cn2)CC1. The lowest BCUT2D eigenvalue weighted by Crippen LogP contribution is -2.33. The maximum Gasteiger partial charge on any atom is 0.128 e. The number of hydrogen-bond acceptors (Lipinski definition) is 5. The van der Waals surface area contributed by atoms with E-state index in [0.29, 0.717) is 11.6 Å². The standard InChI is InChI=1S/C19H23N5/c1-23(15-17-5-2-3-10-21-17)18-6-4-11-24(12-9-18)19-8-7-16(13-20)14-22-19/h2-3,5,7-8,10,14,18H,4,6,9,11-12,15H2,1H3. The van der Waals surface area contributed by atoms with Gasteiger partial charge in [-0.15, -0.1) is 0 Å². The maximum absolute atomic E-state index is 8.89. The Labute approximate surface area is 143 Å². The van der Waals surface area contributed by atoms with Gasteiger partial charge in [-0.25, -0.2) is 4.98 Å². The molecule has 0 aromatic carbocycles. The predicted molar refractivity (Wildman–Crippen MR) is 94.5 cm³/mol. The molecule has 1 saturated heterocycles. The number of nitriles is 1. The van der Waals surface area contributed by atoms with E-state index < -0.39 is 0 Å². The summed E-state index contributed by atoms with van der Waals surface area (Å²) in [5.74, 6) is 0.974. The lowest BCUT2D eigenvalue weighted by molar-refractivity contribution is 0.215. The van der Waals surface area contributed by atoms with Crippen molar-refractivity contribution in [3.63, 3.8) is 0 Å². The molecule has 0 aliphatic carbocycles. The second-order valence-corrected chi connectivity index (χ2v) is 6.32. The highest BCUT2D eigenvalue weighted by molar-refractivity contribution is 5.42. The third kappa shape index (κ3) is 4.09. The molecule has 3 rings (SSSR count). The summed E-state index contributed by atoms with van der Waals surface area (Å²) in [6.45, 7) is 2.91. The van der Waals surface area contributed by atoms with Crippen molar-refractivity contribution in [3.8, 4) is 6.07 Å². The van der Waals surface area contributed by atoms with Crippen molar-refractivity contribution >= 4 is 5.82 Å². The van der Waals surface area contributed by atoms with Gasteiger partial charge >= 0.3 is 0 Å². The molecule has 5 heteroatoms. The first-order valence-electron chi connectivity index (χ1n) is 8.47. The molecule has 1 aliphatic heterocycles. The second-order valence-electron chi connectivity index (χ2n) is 6.32. The fourth-order valence-corrected chi connectivity index (χ4v) is 3.26. The summed E-state index contributed by atoms with van der Waals surface area (Å²) in [7, 11) is 2.19. The van der Waals surface area contributed by atoms with Crippen LogP contribution in [0.1, 0.15) is 30.5 Å². The van der Waals surface area contributed by atoms with E-state index in [-0.39, 0.29) is 0 Å². The Morgan fingerprint density at radius 2 is 2.12 bits per heavy atom. The third-order valence-corrected chi connectivity index (χ3v) is 4.66. The maximum atomic E-state index is 8.89. The van der Waals surface area contributed by atoms with Gasteiger partial charge in [0.15, 0.2) is 0 Å². The van der Waals surface area contributed by atoms with Gasteiger partial charge in [-0.3, -0.25) is 9.88 Å². The molecular weight excluding hydrogens is 298 g/mol. The molecule has 5 nitrogen and oxygen atoms in total. The molecule has 0 amide bonds. The zero-order valence-electron chi connectivity index (χ0n) is 14.1. The average molecular weight is 321 g/mol. The van der Waals surface area contributed by atoms with Crippen LogP contribution in [0.15, 0.2) is 42.7 Å². The van der Waals surface area contributed by atoms with Gasteiger partial charge in [-0.1, -0.05) is 6.07 Å². The molecule has 0 bridgehead atoms. The molecular formula is C19H23N5. The predicted octanol–water partition coefficient (Wildman–Crippen LogP) is 2.84. The minimum Gasteiger partial charge on any atom is -0.357 e. The molecule has 1 aliphatic rings. The van der Waals surface area contributed by atoms with E-state index in [0.717, 1.165) is 44.0 Å². The summed E-state index contributed by atoms with van der Waals surface area (Å²) < 4.78 is 0. The van der Waals surface area contributed by atoms with Crippen molar-refractivity contribution in [2.75, 3.05) is 25.0 Å². The molecule has 0 radical (unpaired) electrons. The second kappa shape index (κ2) is 7.89. The van der Waals surface area contributed by atoms with Crippen LogP contribution in [0.25, 0.3) is 0 Å². The first-order chi connectivity index (χ1) is 11.8. The topological polar surface area (TPSA) is 56.1 Å². The minimum atomic E-state index is 0.565. The molecule has 24 heavy (non-hydrogen) atoms. The monoisotopic (exact) mass is 321 g/mol. The summed E-state index contributed by atoms with van der Waals surface area (Å²) >= 11 is 0. The van der Waals surface area contributed by atoms with E-state index in [1.807, 2.05) is 30.5 Å². The van der Waals surface area contributed by atoms with Crippen LogP contribution in [0.2, 0.25) is 0 Å². The molecule has 0 saturated carbocycles. The van der Waals surface area contributed by atoms with Crippen LogP contribution in [0.4, 0.5) is 5.82 Å². The normalized spacial score (nSPS) is 18.2. The summed E-state index contributed by atoms with van der Waals surface area (Å²) in [5.41, 5.74) is 1.73. The van der Waals surface area contributed by atoms with Crippen LogP contribution in [-0.4, -0.2) is 41.0 Å². The van der Waals surface area contributed by atoms with Crippen molar-refractivity contribution in [2.24, 2.45) is 0 Å². The lowest BCUT2D eigenvalue weighted by Gasteiger charge is -2.27. The van der Waals surface area contributed by atoms with Crippen LogP contribution in [-0.2, 0) is 6.54 Å². The van der Waals surface area contributed by atoms with E-state index in [1.165, 1.54) is 6.42 Å². The number of hydrogen-bond donors (Lipinski definition) is 0. The van der Waals surface area contributed by atoms with Crippen molar-refractivity contribution in [2.45, 2.75) is 31.8 Å². The van der Waals surface area contributed by atoms with Gasteiger partial charge in [-0.05, 0) is 50.6 Å². The van der Waals surface area contributed by atoms with Gasteiger partial charge in [0.1, 0.15) is 11.9 Å². The van der Waals surface area contributed by atoms with E-state index >= 15 is 0 Å². The fraction of sp³-hybridized carbons (Fsp3) is 0.421. The van der Waals surface area contributed by atoms with E-state index in [2.05, 4.69) is 39.0 Å². The van der Waals surface area contributed by atoms with Gasteiger partial charge in [-0.2, -0.15) is 5.26 Å². The Bertz CT molecular complexity index is 677. The number of rotatable bonds is 4. The summed E-state index contributed by atoms with van der Waals surface area (Å²) in [4.78, 5) is 13.6. The van der Waals surface area contributed by atoms with Crippen LogP contribution < -0.4 is 4.90 Å². The quantitative estimate of drug-likeness (QED) is 0.867. The molecule has 0 N–H and O–H groups in total. The third-order valence-electron chi connectivity index (χ3n) is 4.66. The number of nitrogens with zero attached hydrogens (tertiary/aromatic N) is 5. The van der Waals surface area contributed by atoms with Crippen LogP contribution in [0, 0.1) is 11.3 Å². The molecule has 1 unspecified atom stereocenters. The van der Waals surface area contributed by atoms with E-state index in [9.17, 15) is 0 Å². The van der Waals surface area contributed by atoms with Crippen LogP contribution in [0.3, 0.4) is 0 Å². The highest BCUT2D eigenvalue weighted by Gasteiger charge is 2.21. The van der Waals surface area contributed by atoms with Crippen molar-refractivity contribution in [1.82, 2.24) is 14.9 Å². The number of anilines is 1. The molecule has 2 aromatic rings. The smallest absolute Gasteiger partial charge is 0.128 e. The molecule has 0 spiro atoms. The molecule has 1 fully saturated rings. The van der Waals surface area contributed by atoms with Gasteiger partial charge in [0.2, 0.25) is 0 Å². The summed E-state index contributed by atoms with van der Waals surface area (Å²) in [5, 5.41) is 8.89. The first kappa shape index (κ1) is 16.4.